The number of nitro groups is 1. The van der Waals surface area contributed by atoms with E-state index in [0.717, 1.165) is 3.57 Å². The molecule has 10 nitrogen and oxygen atoms in total. The topological polar surface area (TPSA) is 139 Å². The number of para-hydroxylation sites is 1. The normalized spacial score (nSPS) is 14.8. The highest BCUT2D eigenvalue weighted by atomic mass is 127. The van der Waals surface area contributed by atoms with Crippen LogP contribution in [-0.4, -0.2) is 33.8 Å². The molecule has 0 aliphatic carbocycles. The molecule has 12 heteroatoms. The summed E-state index contributed by atoms with van der Waals surface area (Å²) in [4.78, 5) is 64.8. The van der Waals surface area contributed by atoms with Crippen molar-refractivity contribution in [2.75, 3.05) is 10.2 Å². The standard InChI is InChI=1S/C32H23IN4O6S/c33-22-10-14-24(15-11-22)36-29(38)19-28(32(36)41)44-25-16-12-23(13-17-25)34-31(40)26(35-30(39)20-6-2-1-3-7-20)18-21-8-4-5-9-27(21)37(42)43/h1-18,28H,19H2,(H,34,40)(H,35,39)/b26-18+. The van der Waals surface area contributed by atoms with E-state index in [4.69, 9.17) is 0 Å². The van der Waals surface area contributed by atoms with Gasteiger partial charge in [0, 0.05) is 32.2 Å². The fourth-order valence-electron chi connectivity index (χ4n) is 4.41. The number of nitrogens with one attached hydrogen (secondary N) is 2. The van der Waals surface area contributed by atoms with Gasteiger partial charge in [-0.1, -0.05) is 30.3 Å². The minimum Gasteiger partial charge on any atom is -0.321 e. The molecule has 1 saturated heterocycles. The lowest BCUT2D eigenvalue weighted by Crippen LogP contribution is -2.31. The number of imide groups is 1. The van der Waals surface area contributed by atoms with E-state index < -0.39 is 22.0 Å². The largest absolute Gasteiger partial charge is 0.321 e. The van der Waals surface area contributed by atoms with Gasteiger partial charge in [-0.2, -0.15) is 0 Å². The van der Waals surface area contributed by atoms with Gasteiger partial charge in [0.25, 0.3) is 17.5 Å². The first-order valence-corrected chi connectivity index (χ1v) is 15.2. The minimum absolute atomic E-state index is 0.0643. The van der Waals surface area contributed by atoms with Crippen LogP contribution in [0.5, 0.6) is 0 Å². The molecule has 1 aliphatic heterocycles. The Morgan fingerprint density at radius 3 is 2.25 bits per heavy atom. The molecule has 2 N–H and O–H groups in total. The average molecular weight is 719 g/mol. The zero-order valence-electron chi connectivity index (χ0n) is 22.8. The number of carbonyl (C=O) groups is 4. The van der Waals surface area contributed by atoms with Crippen molar-refractivity contribution < 1.29 is 24.1 Å². The van der Waals surface area contributed by atoms with Crippen molar-refractivity contribution in [3.05, 3.63) is 134 Å². The zero-order chi connectivity index (χ0) is 31.2. The average Bonchev–Trinajstić information content (AvgIpc) is 3.30. The summed E-state index contributed by atoms with van der Waals surface area (Å²) in [7, 11) is 0. The molecule has 5 rings (SSSR count). The highest BCUT2D eigenvalue weighted by Crippen LogP contribution is 2.34. The lowest BCUT2D eigenvalue weighted by molar-refractivity contribution is -0.385. The Morgan fingerprint density at radius 1 is 0.909 bits per heavy atom. The Bertz CT molecular complexity index is 1780. The van der Waals surface area contributed by atoms with Crippen LogP contribution in [0.4, 0.5) is 17.1 Å². The van der Waals surface area contributed by atoms with Crippen molar-refractivity contribution >= 4 is 81.1 Å². The Hall–Kier alpha value is -4.82. The SMILES string of the molecule is O=C(Nc1ccc(SC2CC(=O)N(c3ccc(I)cc3)C2=O)cc1)/C(=C\c1ccccc1[N+](=O)[O-])NC(=O)c1ccccc1. The van der Waals surface area contributed by atoms with Crippen LogP contribution in [0.15, 0.2) is 114 Å². The summed E-state index contributed by atoms with van der Waals surface area (Å²) >= 11 is 3.41. The molecule has 0 saturated carbocycles. The number of thioether (sulfide) groups is 1. The smallest absolute Gasteiger partial charge is 0.276 e. The van der Waals surface area contributed by atoms with Gasteiger partial charge < -0.3 is 10.6 Å². The fourth-order valence-corrected chi connectivity index (χ4v) is 5.82. The molecule has 1 unspecified atom stereocenters. The van der Waals surface area contributed by atoms with Gasteiger partial charge in [-0.15, -0.1) is 11.8 Å². The third-order valence-corrected chi connectivity index (χ3v) is 8.46. The molecule has 4 aromatic carbocycles. The molecule has 220 valence electrons. The van der Waals surface area contributed by atoms with Gasteiger partial charge in [0.15, 0.2) is 0 Å². The Morgan fingerprint density at radius 2 is 1.57 bits per heavy atom. The van der Waals surface area contributed by atoms with Crippen LogP contribution in [0.25, 0.3) is 6.08 Å². The maximum absolute atomic E-state index is 13.3. The van der Waals surface area contributed by atoms with Gasteiger partial charge in [-0.3, -0.25) is 29.3 Å². The molecule has 0 spiro atoms. The van der Waals surface area contributed by atoms with Crippen molar-refractivity contribution in [2.24, 2.45) is 0 Å². The molecule has 1 fully saturated rings. The monoisotopic (exact) mass is 718 g/mol. The van der Waals surface area contributed by atoms with Gasteiger partial charge in [-0.05, 0) is 95.4 Å². The predicted molar refractivity (Wildman–Crippen MR) is 176 cm³/mol. The number of nitrogens with zero attached hydrogens (tertiary/aromatic N) is 2. The highest BCUT2D eigenvalue weighted by molar-refractivity contribution is 14.1. The van der Waals surface area contributed by atoms with Crippen LogP contribution >= 0.6 is 34.4 Å². The van der Waals surface area contributed by atoms with Gasteiger partial charge in [0.2, 0.25) is 11.8 Å². The van der Waals surface area contributed by atoms with Gasteiger partial charge in [0.1, 0.15) is 5.70 Å². The van der Waals surface area contributed by atoms with Crippen LogP contribution in [-0.2, 0) is 14.4 Å². The van der Waals surface area contributed by atoms with Crippen molar-refractivity contribution in [3.8, 4) is 0 Å². The van der Waals surface area contributed by atoms with E-state index in [-0.39, 0.29) is 35.2 Å². The number of hydrogen-bond acceptors (Lipinski definition) is 7. The molecule has 0 aromatic heterocycles. The molecule has 1 atom stereocenters. The van der Waals surface area contributed by atoms with E-state index in [1.807, 2.05) is 12.1 Å². The number of rotatable bonds is 9. The number of nitro benzene ring substituents is 1. The molecule has 0 radical (unpaired) electrons. The summed E-state index contributed by atoms with van der Waals surface area (Å²) in [6.07, 6.45) is 1.31. The van der Waals surface area contributed by atoms with Crippen molar-refractivity contribution in [2.45, 2.75) is 16.6 Å². The van der Waals surface area contributed by atoms with Crippen LogP contribution < -0.4 is 15.5 Å². The van der Waals surface area contributed by atoms with E-state index in [2.05, 4.69) is 33.2 Å². The molecular formula is C32H23IN4O6S. The summed E-state index contributed by atoms with van der Waals surface area (Å²) in [5.41, 5.74) is 0.932. The predicted octanol–water partition coefficient (Wildman–Crippen LogP) is 6.03. The maximum atomic E-state index is 13.3. The first kappa shape index (κ1) is 30.6. The summed E-state index contributed by atoms with van der Waals surface area (Å²) in [6.45, 7) is 0. The second-order valence-corrected chi connectivity index (χ2v) is 12.0. The first-order chi connectivity index (χ1) is 21.2. The van der Waals surface area contributed by atoms with Crippen molar-refractivity contribution in [1.29, 1.82) is 0 Å². The van der Waals surface area contributed by atoms with Crippen LogP contribution in [0.2, 0.25) is 0 Å². The lowest BCUT2D eigenvalue weighted by Gasteiger charge is -2.15. The zero-order valence-corrected chi connectivity index (χ0v) is 25.8. The van der Waals surface area contributed by atoms with E-state index in [0.29, 0.717) is 21.8 Å². The second-order valence-electron chi connectivity index (χ2n) is 9.53. The Kier molecular flexibility index (Phi) is 9.50. The molecule has 0 bridgehead atoms. The number of hydrogen-bond donors (Lipinski definition) is 2. The quantitative estimate of drug-likeness (QED) is 0.0709. The molecular weight excluding hydrogens is 695 g/mol. The minimum atomic E-state index is -0.697. The third kappa shape index (κ3) is 7.21. The summed E-state index contributed by atoms with van der Waals surface area (Å²) in [5.74, 6) is -1.82. The van der Waals surface area contributed by atoms with Crippen molar-refractivity contribution in [1.82, 2.24) is 5.32 Å². The third-order valence-electron chi connectivity index (χ3n) is 6.54. The molecule has 1 heterocycles. The van der Waals surface area contributed by atoms with Crippen molar-refractivity contribution in [3.63, 3.8) is 0 Å². The molecule has 1 aliphatic rings. The number of halogens is 1. The van der Waals surface area contributed by atoms with Crippen LogP contribution in [0, 0.1) is 13.7 Å². The first-order valence-electron chi connectivity index (χ1n) is 13.2. The molecule has 4 amide bonds. The summed E-state index contributed by atoms with van der Waals surface area (Å²) in [5, 5.41) is 16.2. The van der Waals surface area contributed by atoms with Crippen LogP contribution in [0.3, 0.4) is 0 Å². The summed E-state index contributed by atoms with van der Waals surface area (Å²) < 4.78 is 0.992. The Labute approximate surface area is 269 Å². The van der Waals surface area contributed by atoms with Gasteiger partial charge in [0.05, 0.1) is 21.4 Å². The maximum Gasteiger partial charge on any atom is 0.276 e. The van der Waals surface area contributed by atoms with E-state index in [9.17, 15) is 29.3 Å². The molecule has 44 heavy (non-hydrogen) atoms. The lowest BCUT2D eigenvalue weighted by atomic mass is 10.1. The van der Waals surface area contributed by atoms with Gasteiger partial charge in [-0.25, -0.2) is 4.90 Å². The van der Waals surface area contributed by atoms with E-state index in [1.165, 1.54) is 40.9 Å². The highest BCUT2D eigenvalue weighted by Gasteiger charge is 2.40. The number of carbonyl (C=O) groups excluding carboxylic acids is 4. The fraction of sp³-hybridized carbons (Fsp3) is 0.0625. The number of benzene rings is 4. The van der Waals surface area contributed by atoms with Crippen LogP contribution in [0.1, 0.15) is 22.3 Å². The summed E-state index contributed by atoms with van der Waals surface area (Å²) in [6, 6.07) is 27.9. The second kappa shape index (κ2) is 13.7. The van der Waals surface area contributed by atoms with Gasteiger partial charge >= 0.3 is 0 Å². The number of amides is 4. The van der Waals surface area contributed by atoms with E-state index in [1.54, 1.807) is 72.8 Å². The Balaban J connectivity index is 1.31. The molecule has 4 aromatic rings. The van der Waals surface area contributed by atoms with E-state index >= 15 is 0 Å². The number of anilines is 2.